The van der Waals surface area contributed by atoms with Gasteiger partial charge >= 0.3 is 0 Å². The molecule has 0 saturated carbocycles. The highest BCUT2D eigenvalue weighted by Gasteiger charge is 2.25. The summed E-state index contributed by atoms with van der Waals surface area (Å²) in [5.74, 6) is -0.593. The highest BCUT2D eigenvalue weighted by atomic mass is 32.2. The van der Waals surface area contributed by atoms with E-state index in [2.05, 4.69) is 10.6 Å². The lowest BCUT2D eigenvalue weighted by atomic mass is 10.1. The molecule has 0 saturated heterocycles. The first-order valence-corrected chi connectivity index (χ1v) is 9.98. The Hall–Kier alpha value is -3.25. The maximum atomic E-state index is 12.9. The van der Waals surface area contributed by atoms with Gasteiger partial charge in [-0.1, -0.05) is 42.0 Å². The number of anilines is 1. The van der Waals surface area contributed by atoms with Crippen LogP contribution in [0.4, 0.5) is 5.69 Å². The third kappa shape index (κ3) is 3.46. The number of fused-ring (bicyclic) bond motifs is 2. The topological polar surface area (TPSA) is 75.3 Å². The molecule has 0 radical (unpaired) electrons. The Bertz CT molecular complexity index is 1110. The standard InChI is InChI=1S/C22H18N2O3S/c1-14-6-8-15(9-7-14)13-23-21(25)16-10-11-20-18(12-16)24-22(26)17-4-2-3-5-19(17)28(20)27/h2-12H,13H2,1H3,(H,23,25)(H,24,26). The summed E-state index contributed by atoms with van der Waals surface area (Å²) in [7, 11) is -1.50. The summed E-state index contributed by atoms with van der Waals surface area (Å²) in [5, 5.41) is 5.64. The zero-order valence-electron chi connectivity index (χ0n) is 15.2. The average Bonchev–Trinajstić information content (AvgIpc) is 2.82. The number of nitrogens with one attached hydrogen (secondary N) is 2. The molecular formula is C22H18N2O3S. The normalized spacial score (nSPS) is 15.0. The molecule has 2 N–H and O–H groups in total. The van der Waals surface area contributed by atoms with Gasteiger partial charge in [-0.2, -0.15) is 0 Å². The summed E-state index contributed by atoms with van der Waals surface area (Å²) in [4.78, 5) is 26.0. The molecule has 0 aromatic heterocycles. The molecule has 2 amide bonds. The molecule has 0 spiro atoms. The molecule has 28 heavy (non-hydrogen) atoms. The summed E-state index contributed by atoms with van der Waals surface area (Å²) in [6, 6.07) is 19.6. The highest BCUT2D eigenvalue weighted by Crippen LogP contribution is 2.31. The number of carbonyl (C=O) groups excluding carboxylic acids is 2. The molecule has 1 aliphatic rings. The molecule has 4 rings (SSSR count). The summed E-state index contributed by atoms with van der Waals surface area (Å²) >= 11 is 0. The smallest absolute Gasteiger partial charge is 0.256 e. The van der Waals surface area contributed by atoms with Crippen molar-refractivity contribution in [3.8, 4) is 0 Å². The Balaban J connectivity index is 1.58. The van der Waals surface area contributed by atoms with E-state index < -0.39 is 10.8 Å². The Morgan fingerprint density at radius 1 is 1.00 bits per heavy atom. The van der Waals surface area contributed by atoms with Crippen molar-refractivity contribution in [2.24, 2.45) is 0 Å². The fourth-order valence-corrected chi connectivity index (χ4v) is 4.35. The molecule has 1 atom stereocenters. The van der Waals surface area contributed by atoms with Gasteiger partial charge in [0.05, 0.1) is 31.8 Å². The van der Waals surface area contributed by atoms with E-state index in [9.17, 15) is 13.8 Å². The predicted octanol–water partition coefficient (Wildman–Crippen LogP) is 3.66. The Labute approximate surface area is 165 Å². The van der Waals surface area contributed by atoms with Crippen LogP contribution >= 0.6 is 0 Å². The minimum Gasteiger partial charge on any atom is -0.348 e. The van der Waals surface area contributed by atoms with E-state index in [-0.39, 0.29) is 11.8 Å². The molecule has 1 aliphatic heterocycles. The second kappa shape index (κ2) is 7.40. The molecule has 3 aromatic rings. The van der Waals surface area contributed by atoms with Crippen LogP contribution in [0.5, 0.6) is 0 Å². The van der Waals surface area contributed by atoms with Crippen LogP contribution in [0.3, 0.4) is 0 Å². The zero-order valence-corrected chi connectivity index (χ0v) is 16.0. The van der Waals surface area contributed by atoms with Gasteiger partial charge in [-0.05, 0) is 42.8 Å². The molecular weight excluding hydrogens is 372 g/mol. The lowest BCUT2D eigenvalue weighted by Crippen LogP contribution is -2.23. The largest absolute Gasteiger partial charge is 0.348 e. The van der Waals surface area contributed by atoms with Crippen molar-refractivity contribution in [3.05, 3.63) is 89.0 Å². The van der Waals surface area contributed by atoms with Crippen LogP contribution in [0.25, 0.3) is 0 Å². The molecule has 3 aromatic carbocycles. The lowest BCUT2D eigenvalue weighted by Gasteiger charge is -2.10. The summed E-state index contributed by atoms with van der Waals surface area (Å²) < 4.78 is 12.9. The van der Waals surface area contributed by atoms with Gasteiger partial charge in [-0.15, -0.1) is 0 Å². The summed E-state index contributed by atoms with van der Waals surface area (Å²) in [5.41, 5.74) is 3.32. The number of aryl methyl sites for hydroxylation is 1. The second-order valence-corrected chi connectivity index (χ2v) is 8.02. The molecule has 5 nitrogen and oxygen atoms in total. The minimum atomic E-state index is -1.50. The van der Waals surface area contributed by atoms with Crippen LogP contribution in [-0.2, 0) is 17.3 Å². The Kier molecular flexibility index (Phi) is 4.79. The van der Waals surface area contributed by atoms with Gasteiger partial charge in [-0.25, -0.2) is 4.21 Å². The first kappa shape index (κ1) is 18.1. The Morgan fingerprint density at radius 2 is 1.75 bits per heavy atom. The van der Waals surface area contributed by atoms with Crippen LogP contribution in [0.2, 0.25) is 0 Å². The summed E-state index contributed by atoms with van der Waals surface area (Å²) in [6.45, 7) is 2.41. The first-order valence-electron chi connectivity index (χ1n) is 8.83. The minimum absolute atomic E-state index is 0.259. The maximum Gasteiger partial charge on any atom is 0.256 e. The number of carbonyl (C=O) groups is 2. The van der Waals surface area contributed by atoms with Crippen molar-refractivity contribution in [1.29, 1.82) is 0 Å². The van der Waals surface area contributed by atoms with Gasteiger partial charge in [0.25, 0.3) is 11.8 Å². The molecule has 0 bridgehead atoms. The zero-order chi connectivity index (χ0) is 19.7. The first-order chi connectivity index (χ1) is 13.5. The monoisotopic (exact) mass is 390 g/mol. The second-order valence-electron chi connectivity index (χ2n) is 6.60. The van der Waals surface area contributed by atoms with Crippen LogP contribution in [0, 0.1) is 6.92 Å². The van der Waals surface area contributed by atoms with Crippen molar-refractivity contribution >= 4 is 28.3 Å². The fourth-order valence-electron chi connectivity index (χ4n) is 3.04. The van der Waals surface area contributed by atoms with Gasteiger partial charge in [0.1, 0.15) is 0 Å². The Morgan fingerprint density at radius 3 is 2.54 bits per heavy atom. The van der Waals surface area contributed by atoms with E-state index in [1.807, 2.05) is 31.2 Å². The third-order valence-corrected chi connectivity index (χ3v) is 6.11. The van der Waals surface area contributed by atoms with E-state index >= 15 is 0 Å². The predicted molar refractivity (Wildman–Crippen MR) is 108 cm³/mol. The van der Waals surface area contributed by atoms with Crippen LogP contribution in [0.1, 0.15) is 31.8 Å². The van der Waals surface area contributed by atoms with E-state index in [0.717, 1.165) is 11.1 Å². The van der Waals surface area contributed by atoms with E-state index in [1.165, 1.54) is 0 Å². The highest BCUT2D eigenvalue weighted by molar-refractivity contribution is 7.85. The number of amides is 2. The molecule has 1 heterocycles. The van der Waals surface area contributed by atoms with E-state index in [1.54, 1.807) is 42.5 Å². The SMILES string of the molecule is Cc1ccc(CNC(=O)c2ccc3c(c2)NC(=O)c2ccccc2S3=O)cc1. The van der Waals surface area contributed by atoms with Crippen LogP contribution in [-0.4, -0.2) is 16.0 Å². The molecule has 6 heteroatoms. The number of hydrogen-bond donors (Lipinski definition) is 2. The lowest BCUT2D eigenvalue weighted by molar-refractivity contribution is 0.0949. The summed E-state index contributed by atoms with van der Waals surface area (Å²) in [6.07, 6.45) is 0. The van der Waals surface area contributed by atoms with Crippen molar-refractivity contribution in [2.75, 3.05) is 5.32 Å². The van der Waals surface area contributed by atoms with Crippen molar-refractivity contribution in [1.82, 2.24) is 5.32 Å². The maximum absolute atomic E-state index is 12.9. The van der Waals surface area contributed by atoms with Crippen LogP contribution in [0.15, 0.2) is 76.5 Å². The number of hydrogen-bond acceptors (Lipinski definition) is 3. The molecule has 140 valence electrons. The fraction of sp³-hybridized carbons (Fsp3) is 0.0909. The van der Waals surface area contributed by atoms with E-state index in [0.29, 0.717) is 33.2 Å². The van der Waals surface area contributed by atoms with Gasteiger partial charge in [-0.3, -0.25) is 9.59 Å². The van der Waals surface area contributed by atoms with Gasteiger partial charge in [0, 0.05) is 12.1 Å². The molecule has 1 unspecified atom stereocenters. The average molecular weight is 390 g/mol. The molecule has 0 fully saturated rings. The van der Waals surface area contributed by atoms with Crippen molar-refractivity contribution in [2.45, 2.75) is 23.3 Å². The van der Waals surface area contributed by atoms with Gasteiger partial charge < -0.3 is 10.6 Å². The van der Waals surface area contributed by atoms with Gasteiger partial charge in [0.15, 0.2) is 0 Å². The quantitative estimate of drug-likeness (QED) is 0.717. The van der Waals surface area contributed by atoms with Crippen LogP contribution < -0.4 is 10.6 Å². The molecule has 0 aliphatic carbocycles. The third-order valence-electron chi connectivity index (χ3n) is 4.59. The number of benzene rings is 3. The number of rotatable bonds is 3. The van der Waals surface area contributed by atoms with Crippen molar-refractivity contribution in [3.63, 3.8) is 0 Å². The van der Waals surface area contributed by atoms with Gasteiger partial charge in [0.2, 0.25) is 0 Å². The van der Waals surface area contributed by atoms with E-state index in [4.69, 9.17) is 0 Å². The van der Waals surface area contributed by atoms with Crippen molar-refractivity contribution < 1.29 is 13.8 Å².